The molecular weight excluding hydrogens is 622 g/mol. The van der Waals surface area contributed by atoms with Crippen LogP contribution in [-0.4, -0.2) is 49.0 Å². The van der Waals surface area contributed by atoms with Gasteiger partial charge in [-0.2, -0.15) is 4.72 Å². The van der Waals surface area contributed by atoms with Gasteiger partial charge < -0.3 is 23.7 Å². The summed E-state index contributed by atoms with van der Waals surface area (Å²) in [6.45, 7) is 8.35. The van der Waals surface area contributed by atoms with Gasteiger partial charge in [0.05, 0.1) is 16.4 Å². The van der Waals surface area contributed by atoms with Crippen LogP contribution in [0.1, 0.15) is 46.9 Å². The first-order chi connectivity index (χ1) is 21.5. The van der Waals surface area contributed by atoms with E-state index in [0.717, 1.165) is 16.0 Å². The number of ether oxygens (including phenoxy) is 1. The molecule has 12 nitrogen and oxygen atoms in total. The average Bonchev–Trinajstić information content (AvgIpc) is 3.59. The van der Waals surface area contributed by atoms with Crippen molar-refractivity contribution in [3.8, 4) is 11.3 Å². The number of anilines is 1. The Labute approximate surface area is 267 Å². The van der Waals surface area contributed by atoms with Crippen molar-refractivity contribution < 1.29 is 32.7 Å². The number of halogens is 1. The Morgan fingerprint density at radius 1 is 1.07 bits per heavy atom. The molecule has 1 saturated heterocycles. The third-order valence-electron chi connectivity index (χ3n) is 6.96. The summed E-state index contributed by atoms with van der Waals surface area (Å²) in [6.07, 6.45) is 0. The largest absolute Gasteiger partial charge is 0.591 e. The molecule has 5 rings (SSSR count). The lowest BCUT2D eigenvalue weighted by Gasteiger charge is -2.45. The molecule has 0 spiro atoms. The standard InChI is InChI=1S/C31H30ClN5O7S/c1-16(2)27(31(40)42-15-20-10-8-9-17(3)13-20)37-29(39)26(30(37)45(41)36-23-14-18(4)43-34-23)33-28(38)24-19(5)44-35-25(24)21-11-6-7-12-22(21)32/h6-14,26,30H,15H2,1-5H3,(H,33,38)(H,34,36)/t26-,30-,45?/m1/s1. The summed E-state index contributed by atoms with van der Waals surface area (Å²) in [5, 5.41) is 9.59. The normalized spacial score (nSPS) is 16.5. The summed E-state index contributed by atoms with van der Waals surface area (Å²) in [7, 11) is 0. The Hall–Kier alpha value is -4.59. The summed E-state index contributed by atoms with van der Waals surface area (Å²) < 4.78 is 32.4. The molecule has 45 heavy (non-hydrogen) atoms. The van der Waals surface area contributed by atoms with Crippen LogP contribution in [0.2, 0.25) is 5.02 Å². The minimum Gasteiger partial charge on any atom is -0.591 e. The first-order valence-electron chi connectivity index (χ1n) is 13.8. The molecule has 0 aliphatic carbocycles. The van der Waals surface area contributed by atoms with Gasteiger partial charge in [0.15, 0.2) is 6.04 Å². The summed E-state index contributed by atoms with van der Waals surface area (Å²) in [4.78, 5) is 41.9. The van der Waals surface area contributed by atoms with E-state index in [0.29, 0.717) is 21.9 Å². The second kappa shape index (κ2) is 13.2. The highest BCUT2D eigenvalue weighted by atomic mass is 35.5. The van der Waals surface area contributed by atoms with E-state index >= 15 is 0 Å². The molecule has 1 fully saturated rings. The predicted octanol–water partition coefficient (Wildman–Crippen LogP) is 4.99. The van der Waals surface area contributed by atoms with E-state index in [9.17, 15) is 18.9 Å². The molecule has 3 heterocycles. The fraction of sp³-hybridized carbons (Fsp3) is 0.258. The Balaban J connectivity index is 1.43. The predicted molar refractivity (Wildman–Crippen MR) is 166 cm³/mol. The van der Waals surface area contributed by atoms with Crippen molar-refractivity contribution in [3.63, 3.8) is 0 Å². The van der Waals surface area contributed by atoms with E-state index in [1.807, 2.05) is 31.2 Å². The van der Waals surface area contributed by atoms with Gasteiger partial charge in [-0.3, -0.25) is 14.5 Å². The summed E-state index contributed by atoms with van der Waals surface area (Å²) >= 11 is 4.27. The number of nitrogens with one attached hydrogen (secondary N) is 2. The second-order valence-corrected chi connectivity index (χ2v) is 12.3. The van der Waals surface area contributed by atoms with Crippen LogP contribution in [0.5, 0.6) is 0 Å². The highest BCUT2D eigenvalue weighted by Crippen LogP contribution is 2.35. The van der Waals surface area contributed by atoms with Crippen molar-refractivity contribution in [1.82, 2.24) is 20.5 Å². The molecule has 2 aromatic carbocycles. The molecule has 3 atom stereocenters. The van der Waals surface area contributed by atoms with E-state index in [-0.39, 0.29) is 35.1 Å². The van der Waals surface area contributed by atoms with E-state index in [4.69, 9.17) is 25.4 Å². The van der Waals surface area contributed by atoms with Gasteiger partial charge in [-0.05, 0) is 51.8 Å². The van der Waals surface area contributed by atoms with Gasteiger partial charge in [0, 0.05) is 11.6 Å². The van der Waals surface area contributed by atoms with Crippen molar-refractivity contribution in [3.05, 3.63) is 99.1 Å². The fourth-order valence-electron chi connectivity index (χ4n) is 4.88. The molecule has 1 aliphatic heterocycles. The van der Waals surface area contributed by atoms with E-state index in [1.165, 1.54) is 6.07 Å². The molecule has 2 N–H and O–H groups in total. The average molecular weight is 652 g/mol. The number of carbonyl (C=O) groups is 3. The summed E-state index contributed by atoms with van der Waals surface area (Å²) in [5.41, 5.74) is 2.79. The van der Waals surface area contributed by atoms with Gasteiger partial charge in [-0.1, -0.05) is 69.9 Å². The first kappa shape index (κ1) is 31.8. The number of carbonyl (C=O) groups excluding carboxylic acids is 3. The zero-order chi connectivity index (χ0) is 32.4. The Morgan fingerprint density at radius 3 is 2.49 bits per heavy atom. The molecule has 234 valence electrons. The van der Waals surface area contributed by atoms with Gasteiger partial charge in [0.1, 0.15) is 35.1 Å². The maximum absolute atomic E-state index is 13.8. The van der Waals surface area contributed by atoms with Crippen molar-refractivity contribution in [2.24, 2.45) is 0 Å². The monoisotopic (exact) mass is 651 g/mol. The van der Waals surface area contributed by atoms with Gasteiger partial charge in [-0.25, -0.2) is 4.79 Å². The van der Waals surface area contributed by atoms with Gasteiger partial charge in [-0.15, -0.1) is 0 Å². The minimum absolute atomic E-state index is 0.0404. The molecule has 0 radical (unpaired) electrons. The summed E-state index contributed by atoms with van der Waals surface area (Å²) in [6, 6.07) is 14.4. The number of allylic oxidation sites excluding steroid dienone is 1. The van der Waals surface area contributed by atoms with Crippen molar-refractivity contribution in [2.45, 2.75) is 52.6 Å². The number of aromatic nitrogens is 2. The van der Waals surface area contributed by atoms with Crippen LogP contribution in [-0.2, 0) is 32.3 Å². The van der Waals surface area contributed by atoms with Crippen LogP contribution in [0.25, 0.3) is 11.3 Å². The lowest BCUT2D eigenvalue weighted by molar-refractivity contribution is -0.152. The van der Waals surface area contributed by atoms with Gasteiger partial charge in [0.2, 0.25) is 11.2 Å². The van der Waals surface area contributed by atoms with Crippen LogP contribution in [0.4, 0.5) is 5.82 Å². The first-order valence-corrected chi connectivity index (χ1v) is 15.4. The number of hydrogen-bond donors (Lipinski definition) is 2. The third kappa shape index (κ3) is 6.60. The smallest absolute Gasteiger partial charge is 0.355 e. The maximum atomic E-state index is 13.8. The zero-order valence-electron chi connectivity index (χ0n) is 25.0. The van der Waals surface area contributed by atoms with Gasteiger partial charge in [0.25, 0.3) is 11.8 Å². The van der Waals surface area contributed by atoms with Crippen molar-refractivity contribution in [2.75, 3.05) is 4.72 Å². The number of likely N-dealkylation sites (tertiary alicyclic amines) is 1. The van der Waals surface area contributed by atoms with Crippen LogP contribution in [0.3, 0.4) is 0 Å². The zero-order valence-corrected chi connectivity index (χ0v) is 26.6. The number of esters is 1. The van der Waals surface area contributed by atoms with Crippen molar-refractivity contribution in [1.29, 1.82) is 0 Å². The lowest BCUT2D eigenvalue weighted by Crippen LogP contribution is -2.73. The van der Waals surface area contributed by atoms with Crippen LogP contribution in [0.15, 0.2) is 74.9 Å². The molecule has 4 aromatic rings. The Kier molecular flexibility index (Phi) is 9.32. The number of benzene rings is 2. The van der Waals surface area contributed by atoms with Gasteiger partial charge >= 0.3 is 5.97 Å². The van der Waals surface area contributed by atoms with E-state index < -0.39 is 40.6 Å². The van der Waals surface area contributed by atoms with Crippen LogP contribution < -0.4 is 10.0 Å². The van der Waals surface area contributed by atoms with Crippen molar-refractivity contribution >= 4 is 46.6 Å². The highest BCUT2D eigenvalue weighted by Gasteiger charge is 2.59. The van der Waals surface area contributed by atoms with Crippen LogP contribution >= 0.6 is 11.6 Å². The number of aryl methyl sites for hydroxylation is 3. The topological polar surface area (TPSA) is 163 Å². The molecule has 2 amide bonds. The second-order valence-electron chi connectivity index (χ2n) is 10.6. The molecule has 1 aliphatic rings. The minimum atomic E-state index is -2.09. The van der Waals surface area contributed by atoms with E-state index in [2.05, 4.69) is 20.4 Å². The molecule has 14 heteroatoms. The molecule has 0 saturated carbocycles. The van der Waals surface area contributed by atoms with Crippen LogP contribution in [0, 0.1) is 20.8 Å². The number of β-lactam (4-membered cyclic amide) rings is 1. The molecule has 2 aromatic heterocycles. The number of amides is 2. The maximum Gasteiger partial charge on any atom is 0.355 e. The fourth-order valence-corrected chi connectivity index (χ4v) is 6.37. The molecular formula is C31H30ClN5O7S. The number of nitrogens with zero attached hydrogens (tertiary/aromatic N) is 3. The summed E-state index contributed by atoms with van der Waals surface area (Å²) in [5.74, 6) is -1.37. The van der Waals surface area contributed by atoms with E-state index in [1.54, 1.807) is 52.0 Å². The number of hydrogen-bond acceptors (Lipinski definition) is 10. The Bertz CT molecular complexity index is 1800. The third-order valence-corrected chi connectivity index (χ3v) is 8.62. The SMILES string of the molecule is CC(C)=C(C(=O)OCc1cccc(C)c1)N1C(=O)[C@@H](NC(=O)c2c(-c3ccccc3Cl)noc2C)[C@H]1[S+]([O-])Nc1cc(C)on1. The quantitative estimate of drug-likeness (QED) is 0.103. The highest BCUT2D eigenvalue weighted by molar-refractivity contribution is 7.93. The lowest BCUT2D eigenvalue weighted by atomic mass is 10.0. The molecule has 0 bridgehead atoms. The Morgan fingerprint density at radius 2 is 1.82 bits per heavy atom. The number of rotatable bonds is 10. The molecule has 1 unspecified atom stereocenters.